The molecule has 6 nitrogen and oxygen atoms in total. The Hall–Kier alpha value is -3.02. The molecule has 4 rings (SSSR count). The molecule has 0 bridgehead atoms. The summed E-state index contributed by atoms with van der Waals surface area (Å²) < 4.78 is 10.6. The lowest BCUT2D eigenvalue weighted by atomic mass is 10.1. The first-order chi connectivity index (χ1) is 12.6. The zero-order valence-corrected chi connectivity index (χ0v) is 14.5. The molecule has 1 fully saturated rings. The Bertz CT molecular complexity index is 837. The smallest absolute Gasteiger partial charge is 0.231 e. The summed E-state index contributed by atoms with van der Waals surface area (Å²) in [4.78, 5) is 26.8. The number of hydrogen-bond acceptors (Lipinski definition) is 4. The van der Waals surface area contributed by atoms with Crippen molar-refractivity contribution in [3.63, 3.8) is 0 Å². The van der Waals surface area contributed by atoms with Crippen LogP contribution in [-0.4, -0.2) is 30.1 Å². The molecule has 0 aliphatic carbocycles. The molecule has 2 heterocycles. The molecule has 0 unspecified atom stereocenters. The summed E-state index contributed by atoms with van der Waals surface area (Å²) in [6, 6.07) is 15.1. The summed E-state index contributed by atoms with van der Waals surface area (Å²) in [5.41, 5.74) is 1.71. The Labute approximate surface area is 151 Å². The van der Waals surface area contributed by atoms with Crippen molar-refractivity contribution in [3.05, 3.63) is 54.1 Å². The van der Waals surface area contributed by atoms with Gasteiger partial charge < -0.3 is 19.7 Å². The number of likely N-dealkylation sites (tertiary alicyclic amines) is 1. The molecule has 1 N–H and O–H groups in total. The fraction of sp³-hybridized carbons (Fsp3) is 0.300. The van der Waals surface area contributed by atoms with Gasteiger partial charge in [0.15, 0.2) is 11.5 Å². The van der Waals surface area contributed by atoms with Gasteiger partial charge in [0.1, 0.15) is 0 Å². The summed E-state index contributed by atoms with van der Waals surface area (Å²) >= 11 is 0. The van der Waals surface area contributed by atoms with Crippen LogP contribution in [0.25, 0.3) is 0 Å². The number of nitrogens with one attached hydrogen (secondary N) is 1. The molecule has 2 amide bonds. The molecule has 1 saturated heterocycles. The van der Waals surface area contributed by atoms with Crippen molar-refractivity contribution in [2.24, 2.45) is 5.92 Å². The number of ether oxygens (including phenoxy) is 2. The first-order valence-corrected chi connectivity index (χ1v) is 8.67. The number of hydrogen-bond donors (Lipinski definition) is 1. The molecule has 2 atom stereocenters. The normalized spacial score (nSPS) is 19.5. The highest BCUT2D eigenvalue weighted by Gasteiger charge is 2.37. The van der Waals surface area contributed by atoms with Crippen LogP contribution in [0.2, 0.25) is 0 Å². The predicted molar refractivity (Wildman–Crippen MR) is 95.9 cm³/mol. The minimum absolute atomic E-state index is 0.00666. The molecule has 2 aliphatic heterocycles. The van der Waals surface area contributed by atoms with Crippen LogP contribution < -0.4 is 14.8 Å². The number of carbonyl (C=O) groups is 2. The quantitative estimate of drug-likeness (QED) is 0.919. The minimum atomic E-state index is -0.362. The topological polar surface area (TPSA) is 67.9 Å². The molecule has 2 aromatic carbocycles. The Morgan fingerprint density at radius 2 is 1.92 bits per heavy atom. The third kappa shape index (κ3) is 3.10. The molecular formula is C20H20N2O4. The standard InChI is InChI=1S/C20H20N2O4/c1-13(14-5-3-2-4-6-14)22-11-15(9-19(22)23)20(24)21-16-7-8-17-18(10-16)26-12-25-17/h2-8,10,13,15H,9,11-12H2,1H3,(H,21,24)/t13-,15-/m1/s1. The average molecular weight is 352 g/mol. The Balaban J connectivity index is 1.42. The molecule has 0 radical (unpaired) electrons. The van der Waals surface area contributed by atoms with Crippen LogP contribution in [-0.2, 0) is 9.59 Å². The van der Waals surface area contributed by atoms with Crippen LogP contribution in [0.5, 0.6) is 11.5 Å². The van der Waals surface area contributed by atoms with Crippen LogP contribution >= 0.6 is 0 Å². The van der Waals surface area contributed by atoms with Crippen molar-refractivity contribution in [1.29, 1.82) is 0 Å². The highest BCUT2D eigenvalue weighted by molar-refractivity contribution is 5.97. The fourth-order valence-electron chi connectivity index (χ4n) is 3.41. The maximum absolute atomic E-state index is 12.6. The second kappa shape index (κ2) is 6.71. The monoisotopic (exact) mass is 352 g/mol. The molecular weight excluding hydrogens is 332 g/mol. The lowest BCUT2D eigenvalue weighted by molar-refractivity contribution is -0.129. The van der Waals surface area contributed by atoms with Gasteiger partial charge in [0, 0.05) is 24.7 Å². The van der Waals surface area contributed by atoms with Gasteiger partial charge in [-0.2, -0.15) is 0 Å². The van der Waals surface area contributed by atoms with Gasteiger partial charge in [-0.25, -0.2) is 0 Å². The van der Waals surface area contributed by atoms with E-state index in [2.05, 4.69) is 5.32 Å². The van der Waals surface area contributed by atoms with Gasteiger partial charge in [-0.15, -0.1) is 0 Å². The zero-order valence-electron chi connectivity index (χ0n) is 14.5. The van der Waals surface area contributed by atoms with E-state index in [0.717, 1.165) is 5.56 Å². The number of fused-ring (bicyclic) bond motifs is 1. The summed E-state index contributed by atoms with van der Waals surface area (Å²) in [7, 11) is 0. The lowest BCUT2D eigenvalue weighted by Gasteiger charge is -2.25. The number of rotatable bonds is 4. The van der Waals surface area contributed by atoms with Crippen LogP contribution in [0.1, 0.15) is 24.9 Å². The second-order valence-electron chi connectivity index (χ2n) is 6.59. The molecule has 6 heteroatoms. The average Bonchev–Trinajstić information content (AvgIpc) is 3.28. The van der Waals surface area contributed by atoms with Crippen molar-refractivity contribution >= 4 is 17.5 Å². The van der Waals surface area contributed by atoms with Crippen molar-refractivity contribution in [2.75, 3.05) is 18.7 Å². The van der Waals surface area contributed by atoms with E-state index in [1.807, 2.05) is 37.3 Å². The zero-order chi connectivity index (χ0) is 18.1. The maximum Gasteiger partial charge on any atom is 0.231 e. The summed E-state index contributed by atoms with van der Waals surface area (Å²) in [6.07, 6.45) is 0.230. The maximum atomic E-state index is 12.6. The van der Waals surface area contributed by atoms with Crippen LogP contribution in [0.3, 0.4) is 0 Å². The molecule has 134 valence electrons. The number of anilines is 1. The predicted octanol–water partition coefficient (Wildman–Crippen LogP) is 2.96. The van der Waals surface area contributed by atoms with Gasteiger partial charge in [0.25, 0.3) is 0 Å². The Morgan fingerprint density at radius 3 is 2.73 bits per heavy atom. The molecule has 0 saturated carbocycles. The summed E-state index contributed by atoms with van der Waals surface area (Å²) in [5, 5.41) is 2.88. The van der Waals surface area contributed by atoms with Gasteiger partial charge in [-0.05, 0) is 24.6 Å². The van der Waals surface area contributed by atoms with E-state index in [-0.39, 0.29) is 37.0 Å². The number of nitrogens with zero attached hydrogens (tertiary/aromatic N) is 1. The fourth-order valence-corrected chi connectivity index (χ4v) is 3.41. The van der Waals surface area contributed by atoms with Gasteiger partial charge in [-0.1, -0.05) is 30.3 Å². The van der Waals surface area contributed by atoms with Gasteiger partial charge in [0.05, 0.1) is 12.0 Å². The first-order valence-electron chi connectivity index (χ1n) is 8.67. The van der Waals surface area contributed by atoms with E-state index < -0.39 is 0 Å². The van der Waals surface area contributed by atoms with Gasteiger partial charge in [-0.3, -0.25) is 9.59 Å². The van der Waals surface area contributed by atoms with Gasteiger partial charge >= 0.3 is 0 Å². The van der Waals surface area contributed by atoms with E-state index in [1.54, 1.807) is 23.1 Å². The van der Waals surface area contributed by atoms with E-state index in [1.165, 1.54) is 0 Å². The highest BCUT2D eigenvalue weighted by atomic mass is 16.7. The molecule has 0 spiro atoms. The van der Waals surface area contributed by atoms with Crippen LogP contribution in [0.4, 0.5) is 5.69 Å². The van der Waals surface area contributed by atoms with E-state index in [4.69, 9.17) is 9.47 Å². The Kier molecular flexibility index (Phi) is 4.24. The summed E-state index contributed by atoms with van der Waals surface area (Å²) in [5.74, 6) is 0.776. The molecule has 2 aliphatic rings. The number of amides is 2. The van der Waals surface area contributed by atoms with Crippen molar-refractivity contribution < 1.29 is 19.1 Å². The summed E-state index contributed by atoms with van der Waals surface area (Å²) in [6.45, 7) is 2.60. The number of benzene rings is 2. The molecule has 0 aromatic heterocycles. The minimum Gasteiger partial charge on any atom is -0.454 e. The van der Waals surface area contributed by atoms with E-state index in [0.29, 0.717) is 23.7 Å². The van der Waals surface area contributed by atoms with Crippen LogP contribution in [0, 0.1) is 5.92 Å². The van der Waals surface area contributed by atoms with Gasteiger partial charge in [0.2, 0.25) is 18.6 Å². The SMILES string of the molecule is C[C@H](c1ccccc1)N1C[C@H](C(=O)Nc2ccc3c(c2)OCO3)CC1=O. The third-order valence-corrected chi connectivity index (χ3v) is 4.92. The van der Waals surface area contributed by atoms with Crippen molar-refractivity contribution in [1.82, 2.24) is 4.90 Å². The Morgan fingerprint density at radius 1 is 1.15 bits per heavy atom. The van der Waals surface area contributed by atoms with Crippen LogP contribution in [0.15, 0.2) is 48.5 Å². The highest BCUT2D eigenvalue weighted by Crippen LogP contribution is 2.35. The number of carbonyl (C=O) groups excluding carboxylic acids is 2. The molecule has 2 aromatic rings. The second-order valence-corrected chi connectivity index (χ2v) is 6.59. The largest absolute Gasteiger partial charge is 0.454 e. The third-order valence-electron chi connectivity index (χ3n) is 4.92. The van der Waals surface area contributed by atoms with Crippen molar-refractivity contribution in [3.8, 4) is 11.5 Å². The van der Waals surface area contributed by atoms with Crippen molar-refractivity contribution in [2.45, 2.75) is 19.4 Å². The molecule has 26 heavy (non-hydrogen) atoms. The first kappa shape index (κ1) is 16.4. The lowest BCUT2D eigenvalue weighted by Crippen LogP contribution is -2.30. The van der Waals surface area contributed by atoms with E-state index in [9.17, 15) is 9.59 Å². The van der Waals surface area contributed by atoms with E-state index >= 15 is 0 Å².